The van der Waals surface area contributed by atoms with Gasteiger partial charge in [-0.1, -0.05) is 0 Å². The van der Waals surface area contributed by atoms with Gasteiger partial charge in [-0.3, -0.25) is 4.79 Å². The second-order valence-corrected chi connectivity index (χ2v) is 6.84. The summed E-state index contributed by atoms with van der Waals surface area (Å²) in [6.07, 6.45) is 0.685. The van der Waals surface area contributed by atoms with Crippen molar-refractivity contribution in [3.05, 3.63) is 42.0 Å². The van der Waals surface area contributed by atoms with Crippen molar-refractivity contribution >= 4 is 11.6 Å². The summed E-state index contributed by atoms with van der Waals surface area (Å²) in [7, 11) is 1.54. The normalized spacial score (nSPS) is 19.5. The number of likely N-dealkylation sites (tertiary alicyclic amines) is 1. The van der Waals surface area contributed by atoms with E-state index in [0.29, 0.717) is 30.4 Å². The fourth-order valence-corrected chi connectivity index (χ4v) is 3.48. The molecule has 0 saturated carbocycles. The standard InChI is InChI=1S/C20H24N4O4/c1-26-18-6-7-19(22-21-18)28-17-8-9-24(14-17)20(25)15-2-4-16(5-3-15)23-10-12-27-13-11-23/h2-7,17H,8-14H2,1H3. The fraction of sp³-hybridized carbons (Fsp3) is 0.450. The lowest BCUT2D eigenvalue weighted by molar-refractivity contribution is 0.0771. The molecule has 28 heavy (non-hydrogen) atoms. The average Bonchev–Trinajstić information content (AvgIpc) is 3.23. The summed E-state index contributed by atoms with van der Waals surface area (Å²) in [5.41, 5.74) is 1.82. The van der Waals surface area contributed by atoms with Crippen molar-refractivity contribution in [3.8, 4) is 11.8 Å². The van der Waals surface area contributed by atoms with E-state index in [-0.39, 0.29) is 12.0 Å². The molecular weight excluding hydrogens is 360 g/mol. The quantitative estimate of drug-likeness (QED) is 0.775. The molecule has 2 fully saturated rings. The van der Waals surface area contributed by atoms with Crippen molar-refractivity contribution in [3.63, 3.8) is 0 Å². The maximum absolute atomic E-state index is 12.8. The molecule has 3 heterocycles. The molecule has 8 heteroatoms. The number of nitrogens with zero attached hydrogens (tertiary/aromatic N) is 4. The number of carbonyl (C=O) groups excluding carboxylic acids is 1. The van der Waals surface area contributed by atoms with Gasteiger partial charge in [0.15, 0.2) is 0 Å². The maximum atomic E-state index is 12.8. The van der Waals surface area contributed by atoms with Gasteiger partial charge in [0.1, 0.15) is 6.10 Å². The maximum Gasteiger partial charge on any atom is 0.253 e. The van der Waals surface area contributed by atoms with Crippen LogP contribution in [0.3, 0.4) is 0 Å². The van der Waals surface area contributed by atoms with Crippen LogP contribution in [0.15, 0.2) is 36.4 Å². The zero-order valence-electron chi connectivity index (χ0n) is 15.9. The first-order valence-corrected chi connectivity index (χ1v) is 9.49. The molecule has 0 spiro atoms. The van der Waals surface area contributed by atoms with Gasteiger partial charge in [0, 0.05) is 49.4 Å². The number of methoxy groups -OCH3 is 1. The van der Waals surface area contributed by atoms with Crippen LogP contribution < -0.4 is 14.4 Å². The summed E-state index contributed by atoms with van der Waals surface area (Å²) in [4.78, 5) is 16.9. The third kappa shape index (κ3) is 4.17. The van der Waals surface area contributed by atoms with Crippen molar-refractivity contribution in [2.45, 2.75) is 12.5 Å². The number of morpholine rings is 1. The highest BCUT2D eigenvalue weighted by atomic mass is 16.5. The Kier molecular flexibility index (Phi) is 5.57. The Morgan fingerprint density at radius 2 is 1.75 bits per heavy atom. The zero-order valence-corrected chi connectivity index (χ0v) is 15.9. The number of ether oxygens (including phenoxy) is 3. The van der Waals surface area contributed by atoms with E-state index in [1.807, 2.05) is 29.2 Å². The number of benzene rings is 1. The van der Waals surface area contributed by atoms with Gasteiger partial charge in [0.25, 0.3) is 5.91 Å². The number of hydrogen-bond donors (Lipinski definition) is 0. The number of anilines is 1. The van der Waals surface area contributed by atoms with E-state index in [4.69, 9.17) is 14.2 Å². The zero-order chi connectivity index (χ0) is 19.3. The molecule has 1 atom stereocenters. The first-order chi connectivity index (χ1) is 13.7. The van der Waals surface area contributed by atoms with Crippen LogP contribution >= 0.6 is 0 Å². The van der Waals surface area contributed by atoms with Crippen LogP contribution in [-0.2, 0) is 4.74 Å². The van der Waals surface area contributed by atoms with Gasteiger partial charge < -0.3 is 24.0 Å². The lowest BCUT2D eigenvalue weighted by atomic mass is 10.1. The molecule has 2 aliphatic rings. The van der Waals surface area contributed by atoms with Crippen molar-refractivity contribution in [1.29, 1.82) is 0 Å². The van der Waals surface area contributed by atoms with E-state index in [1.54, 1.807) is 19.2 Å². The molecule has 2 aromatic rings. The van der Waals surface area contributed by atoms with Gasteiger partial charge in [0.2, 0.25) is 11.8 Å². The molecule has 0 radical (unpaired) electrons. The Labute approximate surface area is 164 Å². The third-order valence-corrected chi connectivity index (χ3v) is 5.03. The Hall–Kier alpha value is -2.87. The Morgan fingerprint density at radius 3 is 2.43 bits per heavy atom. The van der Waals surface area contributed by atoms with Crippen molar-refractivity contribution in [2.24, 2.45) is 0 Å². The van der Waals surface area contributed by atoms with E-state index in [1.165, 1.54) is 0 Å². The number of hydrogen-bond acceptors (Lipinski definition) is 7. The molecule has 1 unspecified atom stereocenters. The summed E-state index contributed by atoms with van der Waals surface area (Å²) in [6, 6.07) is 11.2. The van der Waals surface area contributed by atoms with Crippen LogP contribution in [0.1, 0.15) is 16.8 Å². The summed E-state index contributed by atoms with van der Waals surface area (Å²) in [6.45, 7) is 4.46. The van der Waals surface area contributed by atoms with Crippen LogP contribution in [-0.4, -0.2) is 73.6 Å². The molecule has 1 aromatic heterocycles. The van der Waals surface area contributed by atoms with E-state index >= 15 is 0 Å². The highest BCUT2D eigenvalue weighted by molar-refractivity contribution is 5.94. The molecule has 0 bridgehead atoms. The second-order valence-electron chi connectivity index (χ2n) is 6.84. The molecule has 0 aliphatic carbocycles. The SMILES string of the molecule is COc1ccc(OC2CCN(C(=O)c3ccc(N4CCOCC4)cc3)C2)nn1. The van der Waals surface area contributed by atoms with E-state index in [2.05, 4.69) is 15.1 Å². The number of rotatable bonds is 5. The average molecular weight is 384 g/mol. The van der Waals surface area contributed by atoms with Gasteiger partial charge >= 0.3 is 0 Å². The summed E-state index contributed by atoms with van der Waals surface area (Å²) in [5.74, 6) is 0.909. The smallest absolute Gasteiger partial charge is 0.253 e. The first kappa shape index (κ1) is 18.5. The fourth-order valence-electron chi connectivity index (χ4n) is 3.48. The molecule has 8 nitrogen and oxygen atoms in total. The van der Waals surface area contributed by atoms with Gasteiger partial charge in [-0.05, 0) is 24.3 Å². The predicted molar refractivity (Wildman–Crippen MR) is 103 cm³/mol. The topological polar surface area (TPSA) is 77.0 Å². The van der Waals surface area contributed by atoms with E-state index < -0.39 is 0 Å². The Morgan fingerprint density at radius 1 is 1.04 bits per heavy atom. The van der Waals surface area contributed by atoms with Crippen LogP contribution in [0.25, 0.3) is 0 Å². The molecule has 2 aliphatic heterocycles. The van der Waals surface area contributed by atoms with Gasteiger partial charge in [0.05, 0.1) is 26.9 Å². The summed E-state index contributed by atoms with van der Waals surface area (Å²) >= 11 is 0. The molecule has 0 N–H and O–H groups in total. The molecule has 1 amide bonds. The Bertz CT molecular complexity index is 791. The van der Waals surface area contributed by atoms with Crippen LogP contribution in [0, 0.1) is 0 Å². The van der Waals surface area contributed by atoms with Crippen LogP contribution in [0.4, 0.5) is 5.69 Å². The minimum absolute atomic E-state index is 0.0282. The largest absolute Gasteiger partial charge is 0.480 e. The monoisotopic (exact) mass is 384 g/mol. The summed E-state index contributed by atoms with van der Waals surface area (Å²) < 4.78 is 16.2. The highest BCUT2D eigenvalue weighted by Crippen LogP contribution is 2.21. The number of aromatic nitrogens is 2. The van der Waals surface area contributed by atoms with Gasteiger partial charge in [-0.25, -0.2) is 0 Å². The van der Waals surface area contributed by atoms with E-state index in [0.717, 1.165) is 38.4 Å². The first-order valence-electron chi connectivity index (χ1n) is 9.49. The number of amides is 1. The lowest BCUT2D eigenvalue weighted by Crippen LogP contribution is -2.36. The molecular formula is C20H24N4O4. The predicted octanol–water partition coefficient (Wildman–Crippen LogP) is 1.62. The molecule has 148 valence electrons. The van der Waals surface area contributed by atoms with Crippen molar-refractivity contribution < 1.29 is 19.0 Å². The molecule has 2 saturated heterocycles. The lowest BCUT2D eigenvalue weighted by Gasteiger charge is -2.29. The van der Waals surface area contributed by atoms with E-state index in [9.17, 15) is 4.79 Å². The van der Waals surface area contributed by atoms with Crippen LogP contribution in [0.5, 0.6) is 11.8 Å². The number of carbonyl (C=O) groups is 1. The summed E-state index contributed by atoms with van der Waals surface area (Å²) in [5, 5.41) is 7.88. The van der Waals surface area contributed by atoms with Gasteiger partial charge in [-0.15, -0.1) is 10.2 Å². The molecule has 4 rings (SSSR count). The third-order valence-electron chi connectivity index (χ3n) is 5.03. The van der Waals surface area contributed by atoms with Crippen molar-refractivity contribution in [1.82, 2.24) is 15.1 Å². The Balaban J connectivity index is 1.33. The highest BCUT2D eigenvalue weighted by Gasteiger charge is 2.28. The van der Waals surface area contributed by atoms with Crippen molar-refractivity contribution in [2.75, 3.05) is 51.4 Å². The second kappa shape index (κ2) is 8.43. The minimum Gasteiger partial charge on any atom is -0.480 e. The molecule has 1 aromatic carbocycles. The van der Waals surface area contributed by atoms with Crippen LogP contribution in [0.2, 0.25) is 0 Å². The van der Waals surface area contributed by atoms with Gasteiger partial charge in [-0.2, -0.15) is 0 Å². The minimum atomic E-state index is -0.0840.